The monoisotopic (exact) mass is 245 g/mol. The minimum Gasteiger partial charge on any atom is -0.480 e. The molecule has 0 saturated carbocycles. The largest absolute Gasteiger partial charge is 0.480 e. The van der Waals surface area contributed by atoms with E-state index in [1.807, 2.05) is 20.8 Å². The number of ether oxygens (including phenoxy) is 1. The first kappa shape index (κ1) is 16.4. The second-order valence-electron chi connectivity index (χ2n) is 4.76. The van der Waals surface area contributed by atoms with Crippen molar-refractivity contribution in [1.29, 1.82) is 0 Å². The van der Waals surface area contributed by atoms with Crippen molar-refractivity contribution in [2.75, 3.05) is 13.2 Å². The molecule has 0 fully saturated rings. The molecule has 0 aliphatic rings. The molecule has 0 aliphatic heterocycles. The van der Waals surface area contributed by atoms with Crippen LogP contribution >= 0.6 is 0 Å². The molecular formula is C13H27NO3. The molecule has 0 amide bonds. The van der Waals surface area contributed by atoms with Gasteiger partial charge in [0.15, 0.2) is 0 Å². The topological polar surface area (TPSA) is 58.6 Å². The van der Waals surface area contributed by atoms with Crippen LogP contribution in [-0.2, 0) is 9.53 Å². The van der Waals surface area contributed by atoms with Crippen LogP contribution in [0.1, 0.15) is 53.4 Å². The highest BCUT2D eigenvalue weighted by Gasteiger charge is 2.36. The predicted molar refractivity (Wildman–Crippen MR) is 69.3 cm³/mol. The number of carboxylic acids is 1. The van der Waals surface area contributed by atoms with Gasteiger partial charge in [-0.05, 0) is 39.5 Å². The second-order valence-corrected chi connectivity index (χ2v) is 4.76. The van der Waals surface area contributed by atoms with E-state index >= 15 is 0 Å². The zero-order chi connectivity index (χ0) is 13.3. The lowest BCUT2D eigenvalue weighted by atomic mass is 9.89. The molecule has 17 heavy (non-hydrogen) atoms. The lowest BCUT2D eigenvalue weighted by Crippen LogP contribution is -2.54. The van der Waals surface area contributed by atoms with Gasteiger partial charge >= 0.3 is 5.97 Å². The summed E-state index contributed by atoms with van der Waals surface area (Å²) in [5.74, 6) is -0.760. The minimum absolute atomic E-state index is 0.169. The zero-order valence-electron chi connectivity index (χ0n) is 11.6. The summed E-state index contributed by atoms with van der Waals surface area (Å²) in [6.07, 6.45) is 2.98. The summed E-state index contributed by atoms with van der Waals surface area (Å²) < 4.78 is 5.39. The third kappa shape index (κ3) is 6.03. The third-order valence-corrected chi connectivity index (χ3v) is 2.82. The van der Waals surface area contributed by atoms with Gasteiger partial charge in [0.05, 0.1) is 0 Å². The van der Waals surface area contributed by atoms with Crippen molar-refractivity contribution in [2.24, 2.45) is 0 Å². The number of carboxylic acid groups (broad SMARTS) is 1. The van der Waals surface area contributed by atoms with Crippen LogP contribution in [-0.4, -0.2) is 35.9 Å². The highest BCUT2D eigenvalue weighted by Crippen LogP contribution is 2.19. The molecule has 0 bridgehead atoms. The Hall–Kier alpha value is -0.610. The first-order chi connectivity index (χ1) is 7.98. The Morgan fingerprint density at radius 1 is 1.35 bits per heavy atom. The van der Waals surface area contributed by atoms with Gasteiger partial charge in [-0.25, -0.2) is 0 Å². The normalized spacial score (nSPS) is 14.9. The molecule has 4 heteroatoms. The van der Waals surface area contributed by atoms with Crippen LogP contribution in [0.15, 0.2) is 0 Å². The maximum absolute atomic E-state index is 11.4. The highest BCUT2D eigenvalue weighted by molar-refractivity contribution is 5.78. The maximum atomic E-state index is 11.4. The molecule has 102 valence electrons. The molecule has 0 rings (SSSR count). The summed E-state index contributed by atoms with van der Waals surface area (Å²) in [5.41, 5.74) is -0.802. The average Bonchev–Trinajstić information content (AvgIpc) is 2.26. The van der Waals surface area contributed by atoms with E-state index in [1.54, 1.807) is 0 Å². The summed E-state index contributed by atoms with van der Waals surface area (Å²) in [7, 11) is 0. The quantitative estimate of drug-likeness (QED) is 0.580. The van der Waals surface area contributed by atoms with Crippen molar-refractivity contribution < 1.29 is 14.6 Å². The number of aliphatic carboxylic acids is 1. The van der Waals surface area contributed by atoms with Crippen LogP contribution in [0.2, 0.25) is 0 Å². The third-order valence-electron chi connectivity index (χ3n) is 2.82. The first-order valence-electron chi connectivity index (χ1n) is 6.57. The van der Waals surface area contributed by atoms with E-state index in [4.69, 9.17) is 4.74 Å². The first-order valence-corrected chi connectivity index (χ1v) is 6.57. The molecule has 1 atom stereocenters. The van der Waals surface area contributed by atoms with Crippen molar-refractivity contribution in [2.45, 2.75) is 65.0 Å². The van der Waals surface area contributed by atoms with Crippen LogP contribution in [0.25, 0.3) is 0 Å². The fourth-order valence-corrected chi connectivity index (χ4v) is 1.95. The van der Waals surface area contributed by atoms with E-state index < -0.39 is 11.5 Å². The van der Waals surface area contributed by atoms with Crippen molar-refractivity contribution in [3.8, 4) is 0 Å². The van der Waals surface area contributed by atoms with Crippen molar-refractivity contribution in [1.82, 2.24) is 5.32 Å². The van der Waals surface area contributed by atoms with Gasteiger partial charge in [0.25, 0.3) is 0 Å². The van der Waals surface area contributed by atoms with E-state index in [2.05, 4.69) is 12.2 Å². The van der Waals surface area contributed by atoms with Crippen molar-refractivity contribution in [3.05, 3.63) is 0 Å². The number of nitrogens with one attached hydrogen (secondary N) is 1. The van der Waals surface area contributed by atoms with Gasteiger partial charge in [-0.3, -0.25) is 10.1 Å². The summed E-state index contributed by atoms with van der Waals surface area (Å²) >= 11 is 0. The van der Waals surface area contributed by atoms with Crippen molar-refractivity contribution >= 4 is 5.97 Å². The summed E-state index contributed by atoms with van der Waals surface area (Å²) in [5, 5.41) is 12.6. The summed E-state index contributed by atoms with van der Waals surface area (Å²) in [6.45, 7) is 9.32. The van der Waals surface area contributed by atoms with E-state index in [0.29, 0.717) is 19.4 Å². The molecular weight excluding hydrogens is 218 g/mol. The van der Waals surface area contributed by atoms with Gasteiger partial charge in [-0.15, -0.1) is 0 Å². The van der Waals surface area contributed by atoms with E-state index in [9.17, 15) is 9.90 Å². The average molecular weight is 245 g/mol. The van der Waals surface area contributed by atoms with Gasteiger partial charge < -0.3 is 9.84 Å². The lowest BCUT2D eigenvalue weighted by molar-refractivity contribution is -0.146. The van der Waals surface area contributed by atoms with Crippen LogP contribution in [0.3, 0.4) is 0 Å². The SMILES string of the molecule is CCCOCCCC(CC)(NC(C)C)C(=O)O. The van der Waals surface area contributed by atoms with Gasteiger partial charge in [0, 0.05) is 19.3 Å². The Kier molecular flexibility index (Phi) is 8.17. The fourth-order valence-electron chi connectivity index (χ4n) is 1.95. The Morgan fingerprint density at radius 2 is 2.00 bits per heavy atom. The molecule has 0 heterocycles. The molecule has 0 aliphatic carbocycles. The Morgan fingerprint density at radius 3 is 2.41 bits per heavy atom. The predicted octanol–water partition coefficient (Wildman–Crippen LogP) is 2.42. The van der Waals surface area contributed by atoms with Gasteiger partial charge in [0.2, 0.25) is 0 Å². The Balaban J connectivity index is 4.23. The van der Waals surface area contributed by atoms with E-state index in [1.165, 1.54) is 0 Å². The number of carbonyl (C=O) groups is 1. The Bertz CT molecular complexity index is 219. The zero-order valence-corrected chi connectivity index (χ0v) is 11.6. The van der Waals surface area contributed by atoms with E-state index in [0.717, 1.165) is 19.4 Å². The molecule has 0 aromatic carbocycles. The minimum atomic E-state index is -0.802. The second kappa shape index (κ2) is 8.48. The smallest absolute Gasteiger partial charge is 0.323 e. The highest BCUT2D eigenvalue weighted by atomic mass is 16.5. The van der Waals surface area contributed by atoms with Crippen LogP contribution in [0, 0.1) is 0 Å². The molecule has 1 unspecified atom stereocenters. The fraction of sp³-hybridized carbons (Fsp3) is 0.923. The molecule has 0 aromatic rings. The summed E-state index contributed by atoms with van der Waals surface area (Å²) in [6, 6.07) is 0.169. The lowest BCUT2D eigenvalue weighted by Gasteiger charge is -2.31. The van der Waals surface area contributed by atoms with Gasteiger partial charge in [-0.1, -0.05) is 13.8 Å². The standard InChI is InChI=1S/C13H27NO3/c1-5-9-17-10-7-8-13(6-2,12(15)16)14-11(3)4/h11,14H,5-10H2,1-4H3,(H,15,16). The molecule has 0 aromatic heterocycles. The van der Waals surface area contributed by atoms with Crippen LogP contribution < -0.4 is 5.32 Å². The number of rotatable bonds is 10. The molecule has 0 saturated heterocycles. The van der Waals surface area contributed by atoms with Gasteiger partial charge in [-0.2, -0.15) is 0 Å². The molecule has 0 radical (unpaired) electrons. The molecule has 2 N–H and O–H groups in total. The van der Waals surface area contributed by atoms with Crippen LogP contribution in [0.5, 0.6) is 0 Å². The van der Waals surface area contributed by atoms with Gasteiger partial charge in [0.1, 0.15) is 5.54 Å². The van der Waals surface area contributed by atoms with E-state index in [-0.39, 0.29) is 6.04 Å². The number of hydrogen-bond acceptors (Lipinski definition) is 3. The Labute approximate surface area is 105 Å². The number of hydrogen-bond donors (Lipinski definition) is 2. The van der Waals surface area contributed by atoms with Crippen LogP contribution in [0.4, 0.5) is 0 Å². The molecule has 4 nitrogen and oxygen atoms in total. The molecule has 0 spiro atoms. The van der Waals surface area contributed by atoms with Crippen molar-refractivity contribution in [3.63, 3.8) is 0 Å². The summed E-state index contributed by atoms with van der Waals surface area (Å²) in [4.78, 5) is 11.4. The maximum Gasteiger partial charge on any atom is 0.323 e.